The van der Waals surface area contributed by atoms with E-state index in [4.69, 9.17) is 14.2 Å². The Morgan fingerprint density at radius 3 is 0.636 bits per heavy atom. The fraction of sp³-hybridized carbons (Fsp3) is 0.333. The van der Waals surface area contributed by atoms with Crippen molar-refractivity contribution in [3.05, 3.63) is 34.2 Å². The summed E-state index contributed by atoms with van der Waals surface area (Å²) >= 11 is 0. The highest BCUT2D eigenvalue weighted by molar-refractivity contribution is 6.18. The lowest BCUT2D eigenvalue weighted by Crippen LogP contribution is -2.07. The van der Waals surface area contributed by atoms with Gasteiger partial charge < -0.3 is 44.8 Å². The van der Waals surface area contributed by atoms with Gasteiger partial charge in [0.1, 0.15) is 67.3 Å². The van der Waals surface area contributed by atoms with E-state index in [2.05, 4.69) is 29.9 Å². The zero-order valence-electron chi connectivity index (χ0n) is 16.1. The topological polar surface area (TPSA) is 226 Å². The van der Waals surface area contributed by atoms with Crippen LogP contribution in [0.2, 0.25) is 0 Å². The lowest BCUT2D eigenvalue weighted by molar-refractivity contribution is -0.195. The van der Waals surface area contributed by atoms with Crippen LogP contribution < -0.4 is 0 Å². The van der Waals surface area contributed by atoms with Crippen LogP contribution in [0.5, 0.6) is 0 Å². The SMILES string of the molecule is OC1OC(O)c2nc3c(nc21)c1nc2c(nc1c1nc4c(nc31)C(O)OC4O)C(O)OC2O. The van der Waals surface area contributed by atoms with Gasteiger partial charge in [0.05, 0.1) is 0 Å². The number of aliphatic hydroxyl groups excluding tert-OH is 6. The Labute approximate surface area is 180 Å². The zero-order chi connectivity index (χ0) is 22.8. The molecule has 15 nitrogen and oxygen atoms in total. The minimum Gasteiger partial charge on any atom is -0.363 e. The maximum atomic E-state index is 10.1. The largest absolute Gasteiger partial charge is 0.363 e. The Balaban J connectivity index is 1.69. The summed E-state index contributed by atoms with van der Waals surface area (Å²) < 4.78 is 14.9. The molecule has 3 aliphatic heterocycles. The van der Waals surface area contributed by atoms with E-state index in [9.17, 15) is 30.6 Å². The van der Waals surface area contributed by atoms with Crippen LogP contribution in [0.3, 0.4) is 0 Å². The smallest absolute Gasteiger partial charge is 0.203 e. The number of rotatable bonds is 0. The van der Waals surface area contributed by atoms with Crippen LogP contribution in [0.4, 0.5) is 0 Å². The molecule has 0 spiro atoms. The van der Waals surface area contributed by atoms with Crippen LogP contribution in [-0.4, -0.2) is 60.5 Å². The third-order valence-corrected chi connectivity index (χ3v) is 5.70. The van der Waals surface area contributed by atoms with Gasteiger partial charge in [0.25, 0.3) is 0 Å². The molecule has 3 aromatic heterocycles. The summed E-state index contributed by atoms with van der Waals surface area (Å²) in [4.78, 5) is 26.2. The first-order valence-corrected chi connectivity index (χ1v) is 9.63. The Hall–Kier alpha value is -3.12. The van der Waals surface area contributed by atoms with E-state index in [1.807, 2.05) is 0 Å². The maximum Gasteiger partial charge on any atom is 0.203 e. The van der Waals surface area contributed by atoms with Crippen molar-refractivity contribution in [2.45, 2.75) is 37.7 Å². The van der Waals surface area contributed by atoms with Gasteiger partial charge in [0.15, 0.2) is 0 Å². The molecule has 33 heavy (non-hydrogen) atoms. The van der Waals surface area contributed by atoms with Crippen molar-refractivity contribution in [2.24, 2.45) is 0 Å². The van der Waals surface area contributed by atoms with Gasteiger partial charge in [-0.05, 0) is 0 Å². The predicted molar refractivity (Wildman–Crippen MR) is 98.7 cm³/mol. The van der Waals surface area contributed by atoms with E-state index in [1.54, 1.807) is 0 Å². The molecule has 1 aromatic carbocycles. The number of fused-ring (bicyclic) bond motifs is 9. The second-order valence-electron chi connectivity index (χ2n) is 7.60. The summed E-state index contributed by atoms with van der Waals surface area (Å²) in [7, 11) is 0. The van der Waals surface area contributed by atoms with E-state index in [0.717, 1.165) is 0 Å². The number of benzene rings is 1. The van der Waals surface area contributed by atoms with Crippen molar-refractivity contribution < 1.29 is 44.8 Å². The molecular weight excluding hydrogens is 444 g/mol. The molecule has 0 bridgehead atoms. The van der Waals surface area contributed by atoms with E-state index in [1.165, 1.54) is 0 Å². The quantitative estimate of drug-likeness (QED) is 0.166. The van der Waals surface area contributed by atoms with E-state index in [0.29, 0.717) is 0 Å². The van der Waals surface area contributed by atoms with Gasteiger partial charge in [-0.1, -0.05) is 0 Å². The number of nitrogens with zero attached hydrogens (tertiary/aromatic N) is 6. The normalized spacial score (nSPS) is 30.4. The first kappa shape index (κ1) is 19.4. The monoisotopic (exact) mass is 456 g/mol. The molecule has 6 atom stereocenters. The Morgan fingerprint density at radius 2 is 0.485 bits per heavy atom. The van der Waals surface area contributed by atoms with Gasteiger partial charge in [0, 0.05) is 0 Å². The summed E-state index contributed by atoms with van der Waals surface area (Å²) in [5, 5.41) is 60.6. The predicted octanol–water partition coefficient (Wildman–Crippen LogP) is -1.45. The molecule has 0 amide bonds. The molecule has 0 fully saturated rings. The molecule has 0 radical (unpaired) electrons. The minimum absolute atomic E-state index is 0.0531. The molecule has 0 saturated heterocycles. The van der Waals surface area contributed by atoms with Gasteiger partial charge in [-0.3, -0.25) is 0 Å². The standard InChI is InChI=1S/C18H12N6O9/c25-13-7-8(14(26)31-13)20-2-1(19-7)3-5(22-10-9(21-3)15(27)32-16(10)28)6-4(2)23-11-12(24-6)18(30)33-17(11)29/h13-18,25-30H. The van der Waals surface area contributed by atoms with Gasteiger partial charge in [-0.2, -0.15) is 0 Å². The molecular formula is C18H12N6O9. The minimum atomic E-state index is -1.55. The summed E-state index contributed by atoms with van der Waals surface area (Å²) in [6.07, 6.45) is -9.29. The number of aliphatic hydroxyl groups is 6. The van der Waals surface area contributed by atoms with Crippen LogP contribution in [-0.2, 0) is 14.2 Å². The van der Waals surface area contributed by atoms with Gasteiger partial charge in [-0.25, -0.2) is 29.9 Å². The third-order valence-electron chi connectivity index (χ3n) is 5.70. The Kier molecular flexibility index (Phi) is 3.67. The van der Waals surface area contributed by atoms with Crippen molar-refractivity contribution >= 4 is 33.1 Å². The van der Waals surface area contributed by atoms with Crippen molar-refractivity contribution in [2.75, 3.05) is 0 Å². The maximum absolute atomic E-state index is 10.1. The Bertz CT molecular complexity index is 1210. The molecule has 6 N–H and O–H groups in total. The molecule has 4 aromatic rings. The van der Waals surface area contributed by atoms with E-state index in [-0.39, 0.29) is 67.3 Å². The molecule has 6 unspecified atom stereocenters. The van der Waals surface area contributed by atoms with Crippen LogP contribution in [0.25, 0.3) is 33.1 Å². The summed E-state index contributed by atoms with van der Waals surface area (Å²) in [6, 6.07) is 0. The average Bonchev–Trinajstić information content (AvgIpc) is 3.35. The number of hydrogen-bond donors (Lipinski definition) is 6. The molecule has 15 heteroatoms. The van der Waals surface area contributed by atoms with Crippen LogP contribution >= 0.6 is 0 Å². The Morgan fingerprint density at radius 1 is 0.333 bits per heavy atom. The molecule has 7 rings (SSSR count). The molecule has 3 aliphatic rings. The second kappa shape index (κ2) is 6.26. The second-order valence-corrected chi connectivity index (χ2v) is 7.60. The highest BCUT2D eigenvalue weighted by atomic mass is 16.7. The summed E-state index contributed by atoms with van der Waals surface area (Å²) in [6.45, 7) is 0. The highest BCUT2D eigenvalue weighted by Gasteiger charge is 2.38. The lowest BCUT2D eigenvalue weighted by atomic mass is 10.1. The fourth-order valence-corrected chi connectivity index (χ4v) is 4.22. The third kappa shape index (κ3) is 2.42. The van der Waals surface area contributed by atoms with Crippen molar-refractivity contribution in [3.63, 3.8) is 0 Å². The highest BCUT2D eigenvalue weighted by Crippen LogP contribution is 2.42. The number of ether oxygens (including phenoxy) is 3. The molecule has 168 valence electrons. The van der Waals surface area contributed by atoms with Gasteiger partial charge in [-0.15, -0.1) is 0 Å². The summed E-state index contributed by atoms with van der Waals surface area (Å²) in [5.74, 6) is 0. The van der Waals surface area contributed by atoms with Crippen molar-refractivity contribution in [1.82, 2.24) is 29.9 Å². The molecule has 0 aliphatic carbocycles. The molecule has 6 heterocycles. The summed E-state index contributed by atoms with van der Waals surface area (Å²) in [5.41, 5.74) is 0.0988. The molecule has 0 saturated carbocycles. The number of hydrogen-bond acceptors (Lipinski definition) is 15. The van der Waals surface area contributed by atoms with Crippen LogP contribution in [0.1, 0.15) is 71.9 Å². The first-order chi connectivity index (χ1) is 15.8. The van der Waals surface area contributed by atoms with E-state index >= 15 is 0 Å². The van der Waals surface area contributed by atoms with Crippen molar-refractivity contribution in [1.29, 1.82) is 0 Å². The van der Waals surface area contributed by atoms with E-state index < -0.39 is 37.7 Å². The van der Waals surface area contributed by atoms with Crippen LogP contribution in [0, 0.1) is 0 Å². The van der Waals surface area contributed by atoms with Crippen molar-refractivity contribution in [3.8, 4) is 0 Å². The van der Waals surface area contributed by atoms with Crippen LogP contribution in [0.15, 0.2) is 0 Å². The lowest BCUT2D eigenvalue weighted by Gasteiger charge is -2.12. The average molecular weight is 456 g/mol. The zero-order valence-corrected chi connectivity index (χ0v) is 16.1. The number of aromatic nitrogens is 6. The fourth-order valence-electron chi connectivity index (χ4n) is 4.22. The first-order valence-electron chi connectivity index (χ1n) is 9.63. The van der Waals surface area contributed by atoms with Gasteiger partial charge in [0.2, 0.25) is 37.7 Å². The van der Waals surface area contributed by atoms with Gasteiger partial charge >= 0.3 is 0 Å².